The lowest BCUT2D eigenvalue weighted by molar-refractivity contribution is -0.121. The zero-order chi connectivity index (χ0) is 15.9. The summed E-state index contributed by atoms with van der Waals surface area (Å²) in [6, 6.07) is 7.26. The van der Waals surface area contributed by atoms with E-state index in [1.165, 1.54) is 4.68 Å². The molecule has 1 aromatic heterocycles. The van der Waals surface area contributed by atoms with Gasteiger partial charge in [0.25, 0.3) is 5.56 Å². The molecule has 0 saturated heterocycles. The average molecular weight is 340 g/mol. The maximum Gasteiger partial charge on any atom is 0.277 e. The van der Waals surface area contributed by atoms with Crippen molar-refractivity contribution in [2.24, 2.45) is 0 Å². The van der Waals surface area contributed by atoms with E-state index in [0.717, 1.165) is 6.54 Å². The Balaban J connectivity index is 0.00000264. The molecular weight excluding hydrogens is 318 g/mol. The zero-order valence-corrected chi connectivity index (χ0v) is 14.1. The number of carbonyl (C=O) groups is 1. The predicted octanol–water partition coefficient (Wildman–Crippen LogP) is 0.718. The minimum Gasteiger partial charge on any atom is -0.354 e. The number of benzene rings is 1. The van der Waals surface area contributed by atoms with E-state index >= 15 is 0 Å². The molecule has 2 N–H and O–H groups in total. The fourth-order valence-electron chi connectivity index (χ4n) is 2.15. The van der Waals surface area contributed by atoms with Crippen molar-refractivity contribution < 1.29 is 4.79 Å². The van der Waals surface area contributed by atoms with Crippen molar-refractivity contribution in [1.29, 1.82) is 0 Å². The highest BCUT2D eigenvalue weighted by molar-refractivity contribution is 5.85. The second-order valence-electron chi connectivity index (χ2n) is 5.15. The second-order valence-corrected chi connectivity index (χ2v) is 5.15. The lowest BCUT2D eigenvalue weighted by Gasteiger charge is -2.13. The average Bonchev–Trinajstić information content (AvgIpc) is 2.53. The molecule has 0 bridgehead atoms. The number of nitrogens with zero attached hydrogens (tertiary/aromatic N) is 3. The van der Waals surface area contributed by atoms with Crippen LogP contribution in [-0.2, 0) is 11.3 Å². The second kappa shape index (κ2) is 9.22. The molecule has 0 radical (unpaired) electrons. The van der Waals surface area contributed by atoms with Crippen molar-refractivity contribution in [2.45, 2.75) is 32.9 Å². The molecule has 8 heteroatoms. The van der Waals surface area contributed by atoms with Gasteiger partial charge in [0.1, 0.15) is 5.52 Å². The molecule has 1 amide bonds. The van der Waals surface area contributed by atoms with Gasteiger partial charge in [-0.3, -0.25) is 9.59 Å². The predicted molar refractivity (Wildman–Crippen MR) is 91.8 cm³/mol. The molecule has 2 rings (SSSR count). The van der Waals surface area contributed by atoms with E-state index in [0.29, 0.717) is 17.4 Å². The van der Waals surface area contributed by atoms with E-state index < -0.39 is 0 Å². The van der Waals surface area contributed by atoms with Crippen molar-refractivity contribution in [3.63, 3.8) is 0 Å². The van der Waals surface area contributed by atoms with Crippen LogP contribution in [0.15, 0.2) is 29.1 Å². The van der Waals surface area contributed by atoms with Crippen LogP contribution in [0, 0.1) is 0 Å². The molecule has 1 atom stereocenters. The van der Waals surface area contributed by atoms with Crippen LogP contribution in [0.1, 0.15) is 20.3 Å². The van der Waals surface area contributed by atoms with Crippen LogP contribution in [0.2, 0.25) is 0 Å². The first-order valence-electron chi connectivity index (χ1n) is 7.44. The van der Waals surface area contributed by atoms with E-state index in [9.17, 15) is 9.59 Å². The third kappa shape index (κ3) is 5.30. The van der Waals surface area contributed by atoms with Gasteiger partial charge in [-0.2, -0.15) is 0 Å². The van der Waals surface area contributed by atoms with Gasteiger partial charge in [-0.25, -0.2) is 4.68 Å². The van der Waals surface area contributed by atoms with Crippen LogP contribution in [0.25, 0.3) is 10.9 Å². The highest BCUT2D eigenvalue weighted by Crippen LogP contribution is 2.03. The van der Waals surface area contributed by atoms with Crippen LogP contribution >= 0.6 is 12.4 Å². The lowest BCUT2D eigenvalue weighted by atomic mass is 10.2. The van der Waals surface area contributed by atoms with Crippen LogP contribution < -0.4 is 16.2 Å². The van der Waals surface area contributed by atoms with Gasteiger partial charge in [0.15, 0.2) is 0 Å². The van der Waals surface area contributed by atoms with Gasteiger partial charge in [0.2, 0.25) is 5.91 Å². The number of aryl methyl sites for hydroxylation is 1. The summed E-state index contributed by atoms with van der Waals surface area (Å²) < 4.78 is 1.23. The smallest absolute Gasteiger partial charge is 0.277 e. The monoisotopic (exact) mass is 339 g/mol. The number of carbonyl (C=O) groups excluding carboxylic acids is 1. The normalized spacial score (nSPS) is 11.7. The molecule has 0 aliphatic heterocycles. The van der Waals surface area contributed by atoms with E-state index in [2.05, 4.69) is 20.9 Å². The highest BCUT2D eigenvalue weighted by Gasteiger charge is 2.08. The van der Waals surface area contributed by atoms with Crippen LogP contribution in [0.4, 0.5) is 0 Å². The topological polar surface area (TPSA) is 88.9 Å². The molecule has 0 unspecified atom stereocenters. The fraction of sp³-hybridized carbons (Fsp3) is 0.467. The standard InChI is InChI=1S/C15H21N5O2.ClH/c1-3-16-11(2)10-17-14(21)8-9-20-15(22)12-6-4-5-7-13(12)18-19-20;/h4-7,11,16H,3,8-10H2,1-2H3,(H,17,21);1H/t11-;/m1./s1. The first-order valence-corrected chi connectivity index (χ1v) is 7.44. The number of nitrogens with one attached hydrogen (secondary N) is 2. The van der Waals surface area contributed by atoms with Gasteiger partial charge in [-0.1, -0.05) is 24.3 Å². The Labute approximate surface area is 140 Å². The summed E-state index contributed by atoms with van der Waals surface area (Å²) >= 11 is 0. The molecule has 0 aliphatic carbocycles. The number of aromatic nitrogens is 3. The minimum atomic E-state index is -0.223. The van der Waals surface area contributed by atoms with Gasteiger partial charge >= 0.3 is 0 Å². The zero-order valence-electron chi connectivity index (χ0n) is 13.3. The summed E-state index contributed by atoms with van der Waals surface area (Å²) in [6.07, 6.45) is 0.200. The Morgan fingerprint density at radius 2 is 2.09 bits per heavy atom. The molecule has 23 heavy (non-hydrogen) atoms. The summed E-state index contributed by atoms with van der Waals surface area (Å²) in [4.78, 5) is 24.0. The molecule has 2 aromatic rings. The summed E-state index contributed by atoms with van der Waals surface area (Å²) in [5, 5.41) is 14.4. The Bertz CT molecular complexity index is 704. The van der Waals surface area contributed by atoms with Crippen LogP contribution in [0.3, 0.4) is 0 Å². The lowest BCUT2D eigenvalue weighted by Crippen LogP contribution is -2.39. The molecule has 7 nitrogen and oxygen atoms in total. The number of rotatable bonds is 7. The maximum absolute atomic E-state index is 12.2. The third-order valence-electron chi connectivity index (χ3n) is 3.34. The maximum atomic E-state index is 12.2. The van der Waals surface area contributed by atoms with E-state index in [-0.39, 0.29) is 42.9 Å². The third-order valence-corrected chi connectivity index (χ3v) is 3.34. The number of halogens is 1. The van der Waals surface area contributed by atoms with E-state index in [1.54, 1.807) is 24.3 Å². The summed E-state index contributed by atoms with van der Waals surface area (Å²) in [5.74, 6) is -0.105. The highest BCUT2D eigenvalue weighted by atomic mass is 35.5. The summed E-state index contributed by atoms with van der Waals surface area (Å²) in [7, 11) is 0. The van der Waals surface area contributed by atoms with Crippen molar-refractivity contribution >= 4 is 29.2 Å². The van der Waals surface area contributed by atoms with Crippen molar-refractivity contribution in [1.82, 2.24) is 25.6 Å². The molecule has 0 fully saturated rings. The number of fused-ring (bicyclic) bond motifs is 1. The fourth-order valence-corrected chi connectivity index (χ4v) is 2.15. The number of amides is 1. The van der Waals surface area contributed by atoms with E-state index in [4.69, 9.17) is 0 Å². The minimum absolute atomic E-state index is 0. The van der Waals surface area contributed by atoms with Gasteiger partial charge < -0.3 is 10.6 Å². The van der Waals surface area contributed by atoms with Crippen LogP contribution in [0.5, 0.6) is 0 Å². The SMILES string of the molecule is CCN[C@H](C)CNC(=O)CCn1nnc2ccccc2c1=O.Cl. The van der Waals surface area contributed by atoms with Gasteiger partial charge in [0.05, 0.1) is 11.9 Å². The first-order chi connectivity index (χ1) is 10.6. The first kappa shape index (κ1) is 19.1. The number of hydrogen-bond acceptors (Lipinski definition) is 5. The number of likely N-dealkylation sites (N-methyl/N-ethyl adjacent to an activating group) is 1. The molecule has 126 valence electrons. The van der Waals surface area contributed by atoms with Gasteiger partial charge in [-0.15, -0.1) is 17.5 Å². The molecule has 0 aliphatic rings. The molecule has 1 heterocycles. The molecule has 0 spiro atoms. The van der Waals surface area contributed by atoms with Crippen LogP contribution in [-0.4, -0.2) is 40.0 Å². The van der Waals surface area contributed by atoms with Crippen molar-refractivity contribution in [2.75, 3.05) is 13.1 Å². The van der Waals surface area contributed by atoms with Crippen molar-refractivity contribution in [3.05, 3.63) is 34.6 Å². The summed E-state index contributed by atoms with van der Waals surface area (Å²) in [5.41, 5.74) is 0.340. The number of hydrogen-bond donors (Lipinski definition) is 2. The Kier molecular flexibility index (Phi) is 7.64. The van der Waals surface area contributed by atoms with Gasteiger partial charge in [-0.05, 0) is 25.6 Å². The Morgan fingerprint density at radius 1 is 1.35 bits per heavy atom. The quantitative estimate of drug-likeness (QED) is 0.776. The largest absolute Gasteiger partial charge is 0.354 e. The summed E-state index contributed by atoms with van der Waals surface area (Å²) in [6.45, 7) is 5.66. The molecular formula is C15H22ClN5O2. The Morgan fingerprint density at radius 3 is 2.83 bits per heavy atom. The van der Waals surface area contributed by atoms with Gasteiger partial charge in [0, 0.05) is 19.0 Å². The molecule has 0 saturated carbocycles. The van der Waals surface area contributed by atoms with E-state index in [1.807, 2.05) is 13.8 Å². The van der Waals surface area contributed by atoms with Crippen molar-refractivity contribution in [3.8, 4) is 0 Å². The molecule has 1 aromatic carbocycles. The Hall–Kier alpha value is -1.99.